The van der Waals surface area contributed by atoms with Gasteiger partial charge in [-0.1, -0.05) is 24.3 Å². The number of carbonyl (C=O) groups excluding carboxylic acids is 2. The van der Waals surface area contributed by atoms with Crippen LogP contribution >= 0.6 is 0 Å². The Labute approximate surface area is 144 Å². The van der Waals surface area contributed by atoms with Crippen molar-refractivity contribution in [2.45, 2.75) is 6.42 Å². The Bertz CT molecular complexity index is 901. The van der Waals surface area contributed by atoms with Crippen LogP contribution in [0.2, 0.25) is 0 Å². The molecule has 1 heterocycles. The molecule has 0 bridgehead atoms. The van der Waals surface area contributed by atoms with Gasteiger partial charge in [-0.15, -0.1) is 0 Å². The van der Waals surface area contributed by atoms with Crippen LogP contribution in [0.4, 0.5) is 0 Å². The van der Waals surface area contributed by atoms with Gasteiger partial charge in [0.25, 0.3) is 5.91 Å². The summed E-state index contributed by atoms with van der Waals surface area (Å²) in [6.07, 6.45) is 2.61. The molecule has 0 aliphatic heterocycles. The smallest absolute Gasteiger partial charge is 0.338 e. The monoisotopic (exact) mass is 338 g/mol. The lowest BCUT2D eigenvalue weighted by molar-refractivity contribution is -0.124. The Morgan fingerprint density at radius 3 is 2.80 bits per heavy atom. The van der Waals surface area contributed by atoms with Gasteiger partial charge in [0.1, 0.15) is 5.75 Å². The average Bonchev–Trinajstić information content (AvgIpc) is 3.03. The number of esters is 1. The first-order chi connectivity index (χ1) is 12.1. The zero-order chi connectivity index (χ0) is 17.6. The van der Waals surface area contributed by atoms with E-state index < -0.39 is 5.97 Å². The van der Waals surface area contributed by atoms with Crippen LogP contribution in [0.3, 0.4) is 0 Å². The van der Waals surface area contributed by atoms with Gasteiger partial charge in [-0.05, 0) is 36.2 Å². The molecule has 3 aromatic rings. The fourth-order valence-corrected chi connectivity index (χ4v) is 2.57. The lowest BCUT2D eigenvalue weighted by Gasteiger charge is -2.06. The number of hydrogen-bond acceptors (Lipinski definition) is 4. The number of carbonyl (C=O) groups is 2. The average molecular weight is 338 g/mol. The second-order valence-corrected chi connectivity index (χ2v) is 5.59. The third-order valence-corrected chi connectivity index (χ3v) is 3.81. The van der Waals surface area contributed by atoms with Gasteiger partial charge in [-0.25, -0.2) is 4.79 Å². The maximum Gasteiger partial charge on any atom is 0.338 e. The van der Waals surface area contributed by atoms with Crippen molar-refractivity contribution in [3.05, 3.63) is 65.9 Å². The molecule has 3 N–H and O–H groups in total. The highest BCUT2D eigenvalue weighted by atomic mass is 16.5. The van der Waals surface area contributed by atoms with E-state index in [0.29, 0.717) is 13.0 Å². The molecule has 1 amide bonds. The number of aromatic amines is 1. The lowest BCUT2D eigenvalue weighted by atomic mass is 10.1. The van der Waals surface area contributed by atoms with Crippen LogP contribution in [0.25, 0.3) is 10.9 Å². The van der Waals surface area contributed by atoms with E-state index in [1.807, 2.05) is 30.5 Å². The number of fused-ring (bicyclic) bond motifs is 1. The summed E-state index contributed by atoms with van der Waals surface area (Å²) in [5.41, 5.74) is 2.38. The van der Waals surface area contributed by atoms with Gasteiger partial charge in [0.05, 0.1) is 5.56 Å². The van der Waals surface area contributed by atoms with E-state index in [9.17, 15) is 14.7 Å². The van der Waals surface area contributed by atoms with Crippen LogP contribution in [0.1, 0.15) is 15.9 Å². The number of nitrogens with one attached hydrogen (secondary N) is 2. The Morgan fingerprint density at radius 2 is 1.96 bits per heavy atom. The Hall–Kier alpha value is -3.28. The molecular formula is C19H18N2O4. The van der Waals surface area contributed by atoms with Crippen molar-refractivity contribution in [1.29, 1.82) is 0 Å². The van der Waals surface area contributed by atoms with Gasteiger partial charge >= 0.3 is 5.97 Å². The summed E-state index contributed by atoms with van der Waals surface area (Å²) in [6, 6.07) is 13.7. The number of hydrogen-bond donors (Lipinski definition) is 3. The number of phenols is 1. The zero-order valence-corrected chi connectivity index (χ0v) is 13.5. The number of phenolic OH excluding ortho intramolecular Hbond substituents is 1. The molecule has 0 spiro atoms. The molecule has 6 heteroatoms. The molecule has 6 nitrogen and oxygen atoms in total. The molecule has 25 heavy (non-hydrogen) atoms. The summed E-state index contributed by atoms with van der Waals surface area (Å²) in [6.45, 7) is 0.0900. The van der Waals surface area contributed by atoms with Crippen molar-refractivity contribution in [2.24, 2.45) is 0 Å². The summed E-state index contributed by atoms with van der Waals surface area (Å²) in [5.74, 6) is -1.05. The van der Waals surface area contributed by atoms with Gasteiger partial charge in [-0.3, -0.25) is 4.79 Å². The van der Waals surface area contributed by atoms with Crippen molar-refractivity contribution in [2.75, 3.05) is 13.2 Å². The summed E-state index contributed by atoms with van der Waals surface area (Å²) < 4.78 is 4.93. The molecule has 0 saturated heterocycles. The van der Waals surface area contributed by atoms with Gasteiger partial charge in [0.2, 0.25) is 0 Å². The zero-order valence-electron chi connectivity index (χ0n) is 13.5. The van der Waals surface area contributed by atoms with E-state index in [0.717, 1.165) is 16.5 Å². The highest BCUT2D eigenvalue weighted by Gasteiger charge is 2.11. The van der Waals surface area contributed by atoms with Crippen LogP contribution in [-0.2, 0) is 16.0 Å². The number of H-pyrrole nitrogens is 1. The number of rotatable bonds is 6. The van der Waals surface area contributed by atoms with E-state index in [4.69, 9.17) is 4.74 Å². The quantitative estimate of drug-likeness (QED) is 0.602. The van der Waals surface area contributed by atoms with Crippen LogP contribution in [0.5, 0.6) is 5.75 Å². The Balaban J connectivity index is 1.44. The van der Waals surface area contributed by atoms with Gasteiger partial charge in [0.15, 0.2) is 6.61 Å². The summed E-state index contributed by atoms with van der Waals surface area (Å²) >= 11 is 0. The molecule has 0 radical (unpaired) electrons. The lowest BCUT2D eigenvalue weighted by Crippen LogP contribution is -2.30. The standard InChI is InChI=1S/C19H18N2O4/c22-15-5-3-4-13(10-15)19(24)25-12-18(23)20-9-8-14-11-21-17-7-2-1-6-16(14)17/h1-7,10-11,21-22H,8-9,12H2,(H,20,23). The first-order valence-corrected chi connectivity index (χ1v) is 7.91. The molecule has 2 aromatic carbocycles. The van der Waals surface area contributed by atoms with E-state index in [1.165, 1.54) is 24.3 Å². The Morgan fingerprint density at radius 1 is 1.12 bits per heavy atom. The minimum Gasteiger partial charge on any atom is -0.508 e. The van der Waals surface area contributed by atoms with Gasteiger partial charge in [-0.2, -0.15) is 0 Å². The number of para-hydroxylation sites is 1. The Kier molecular flexibility index (Phi) is 4.99. The molecule has 0 saturated carbocycles. The van der Waals surface area contributed by atoms with Crippen molar-refractivity contribution >= 4 is 22.8 Å². The van der Waals surface area contributed by atoms with Crippen molar-refractivity contribution < 1.29 is 19.4 Å². The van der Waals surface area contributed by atoms with E-state index in [-0.39, 0.29) is 23.8 Å². The molecule has 1 aromatic heterocycles. The first kappa shape index (κ1) is 16.6. The van der Waals surface area contributed by atoms with E-state index in [2.05, 4.69) is 10.3 Å². The third kappa shape index (κ3) is 4.17. The van der Waals surface area contributed by atoms with Crippen LogP contribution in [0, 0.1) is 0 Å². The molecule has 128 valence electrons. The fraction of sp³-hybridized carbons (Fsp3) is 0.158. The van der Waals surface area contributed by atoms with Crippen molar-refractivity contribution in [3.63, 3.8) is 0 Å². The predicted octanol–water partition coefficient (Wildman–Crippen LogP) is 2.39. The summed E-state index contributed by atoms with van der Waals surface area (Å²) in [4.78, 5) is 26.8. The number of benzene rings is 2. The summed E-state index contributed by atoms with van der Waals surface area (Å²) in [7, 11) is 0. The number of amides is 1. The van der Waals surface area contributed by atoms with Crippen LogP contribution < -0.4 is 5.32 Å². The molecule has 0 aliphatic rings. The van der Waals surface area contributed by atoms with Crippen molar-refractivity contribution in [3.8, 4) is 5.75 Å². The normalized spacial score (nSPS) is 10.6. The maximum atomic E-state index is 11.8. The van der Waals surface area contributed by atoms with Crippen LogP contribution in [0.15, 0.2) is 54.7 Å². The highest BCUT2D eigenvalue weighted by Crippen LogP contribution is 2.17. The molecule has 0 aliphatic carbocycles. The van der Waals surface area contributed by atoms with Gasteiger partial charge < -0.3 is 20.1 Å². The summed E-state index contributed by atoms with van der Waals surface area (Å²) in [5, 5.41) is 13.2. The predicted molar refractivity (Wildman–Crippen MR) is 93.4 cm³/mol. The first-order valence-electron chi connectivity index (χ1n) is 7.91. The molecular weight excluding hydrogens is 320 g/mol. The molecule has 3 rings (SSSR count). The second kappa shape index (κ2) is 7.53. The third-order valence-electron chi connectivity index (χ3n) is 3.81. The topological polar surface area (TPSA) is 91.4 Å². The number of ether oxygens (including phenoxy) is 1. The van der Waals surface area contributed by atoms with Crippen molar-refractivity contribution in [1.82, 2.24) is 10.3 Å². The number of aromatic hydroxyl groups is 1. The van der Waals surface area contributed by atoms with Gasteiger partial charge in [0, 0.05) is 23.6 Å². The van der Waals surface area contributed by atoms with Crippen LogP contribution in [-0.4, -0.2) is 35.1 Å². The second-order valence-electron chi connectivity index (χ2n) is 5.59. The molecule has 0 unspecified atom stereocenters. The highest BCUT2D eigenvalue weighted by molar-refractivity contribution is 5.91. The minimum absolute atomic E-state index is 0.0300. The molecule has 0 atom stereocenters. The molecule has 0 fully saturated rings. The van der Waals surface area contributed by atoms with E-state index in [1.54, 1.807) is 0 Å². The largest absolute Gasteiger partial charge is 0.508 e. The SMILES string of the molecule is O=C(COC(=O)c1cccc(O)c1)NCCc1c[nH]c2ccccc12. The minimum atomic E-state index is -0.650. The number of aromatic nitrogens is 1. The maximum absolute atomic E-state index is 11.8. The van der Waals surface area contributed by atoms with E-state index >= 15 is 0 Å². The fourth-order valence-electron chi connectivity index (χ4n) is 2.57.